The minimum Gasteiger partial charge on any atom is -0.342 e. The van der Waals surface area contributed by atoms with Gasteiger partial charge in [0, 0.05) is 6.54 Å². The maximum Gasteiger partial charge on any atom is 0.246 e. The molecule has 2 aliphatic rings. The fraction of sp³-hybridized carbons (Fsp3) is 0.500. The van der Waals surface area contributed by atoms with Crippen LogP contribution in [0.25, 0.3) is 0 Å². The molecule has 0 aromatic heterocycles. The Kier molecular flexibility index (Phi) is 3.24. The third-order valence-electron chi connectivity index (χ3n) is 4.26. The monoisotopic (exact) mass is 272 g/mol. The van der Waals surface area contributed by atoms with E-state index < -0.39 is 0 Å². The molecule has 20 heavy (non-hydrogen) atoms. The number of hydrogen-bond acceptors (Lipinski definition) is 2. The summed E-state index contributed by atoms with van der Waals surface area (Å²) in [5, 5.41) is 2.87. The van der Waals surface area contributed by atoms with Crippen LogP contribution in [-0.2, 0) is 16.1 Å². The van der Waals surface area contributed by atoms with Crippen molar-refractivity contribution in [2.24, 2.45) is 5.92 Å². The van der Waals surface area contributed by atoms with E-state index in [0.29, 0.717) is 12.5 Å². The first kappa shape index (κ1) is 13.2. The summed E-state index contributed by atoms with van der Waals surface area (Å²) in [5.74, 6) is 0.383. The van der Waals surface area contributed by atoms with Crippen LogP contribution in [0.5, 0.6) is 0 Å². The normalized spacial score (nSPS) is 26.6. The van der Waals surface area contributed by atoms with Crippen LogP contribution in [0.15, 0.2) is 24.3 Å². The van der Waals surface area contributed by atoms with Crippen LogP contribution in [-0.4, -0.2) is 28.8 Å². The number of nitrogens with one attached hydrogen (secondary N) is 1. The van der Waals surface area contributed by atoms with Crippen LogP contribution >= 0.6 is 0 Å². The molecule has 4 heteroatoms. The van der Waals surface area contributed by atoms with Gasteiger partial charge in [-0.2, -0.15) is 0 Å². The van der Waals surface area contributed by atoms with Crippen molar-refractivity contribution in [2.75, 3.05) is 0 Å². The first-order valence-corrected chi connectivity index (χ1v) is 7.22. The summed E-state index contributed by atoms with van der Waals surface area (Å²) in [7, 11) is 0. The van der Waals surface area contributed by atoms with Crippen molar-refractivity contribution >= 4 is 11.8 Å². The Labute approximate surface area is 119 Å². The fourth-order valence-electron chi connectivity index (χ4n) is 2.70. The van der Waals surface area contributed by atoms with E-state index in [1.54, 1.807) is 11.8 Å². The second-order valence-electron chi connectivity index (χ2n) is 5.95. The zero-order chi connectivity index (χ0) is 14.3. The lowest BCUT2D eigenvalue weighted by Crippen LogP contribution is -2.62. The van der Waals surface area contributed by atoms with Crippen molar-refractivity contribution < 1.29 is 9.59 Å². The molecule has 1 aromatic rings. The molecule has 2 fully saturated rings. The predicted molar refractivity (Wildman–Crippen MR) is 75.8 cm³/mol. The summed E-state index contributed by atoms with van der Waals surface area (Å²) in [6, 6.07) is 7.42. The highest BCUT2D eigenvalue weighted by Crippen LogP contribution is 2.35. The van der Waals surface area contributed by atoms with Crippen LogP contribution in [0.3, 0.4) is 0 Å². The van der Waals surface area contributed by atoms with Gasteiger partial charge in [0.2, 0.25) is 11.8 Å². The number of nitrogens with zero attached hydrogens (tertiary/aromatic N) is 1. The number of carbonyl (C=O) groups excluding carboxylic acids is 2. The van der Waals surface area contributed by atoms with E-state index >= 15 is 0 Å². The molecule has 0 radical (unpaired) electrons. The van der Waals surface area contributed by atoms with Crippen molar-refractivity contribution in [3.05, 3.63) is 35.4 Å². The van der Waals surface area contributed by atoms with E-state index in [0.717, 1.165) is 18.4 Å². The van der Waals surface area contributed by atoms with Gasteiger partial charge in [0.1, 0.15) is 12.1 Å². The number of piperazine rings is 1. The lowest BCUT2D eigenvalue weighted by atomic mass is 10.0. The Morgan fingerprint density at radius 1 is 1.20 bits per heavy atom. The molecular weight excluding hydrogens is 252 g/mol. The van der Waals surface area contributed by atoms with E-state index in [2.05, 4.69) is 5.32 Å². The van der Waals surface area contributed by atoms with Gasteiger partial charge >= 0.3 is 0 Å². The second-order valence-corrected chi connectivity index (χ2v) is 5.95. The average Bonchev–Trinajstić information content (AvgIpc) is 3.25. The quantitative estimate of drug-likeness (QED) is 0.909. The minimum atomic E-state index is -0.390. The largest absolute Gasteiger partial charge is 0.342 e. The number of hydrogen-bond donors (Lipinski definition) is 1. The topological polar surface area (TPSA) is 49.4 Å². The third kappa shape index (κ3) is 2.42. The first-order chi connectivity index (χ1) is 9.56. The molecule has 1 saturated heterocycles. The number of aryl methyl sites for hydroxylation is 1. The van der Waals surface area contributed by atoms with Crippen LogP contribution in [0.4, 0.5) is 0 Å². The SMILES string of the molecule is Cc1ccc(CN2C(=O)C(C3CC3)NC(=O)C2C)cc1. The summed E-state index contributed by atoms with van der Waals surface area (Å²) >= 11 is 0. The summed E-state index contributed by atoms with van der Waals surface area (Å²) < 4.78 is 0. The van der Waals surface area contributed by atoms with E-state index in [9.17, 15) is 9.59 Å². The van der Waals surface area contributed by atoms with Crippen molar-refractivity contribution in [1.82, 2.24) is 10.2 Å². The Hall–Kier alpha value is -1.84. The highest BCUT2D eigenvalue weighted by atomic mass is 16.2. The minimum absolute atomic E-state index is 0.0337. The summed E-state index contributed by atoms with van der Waals surface area (Å²) in [4.78, 5) is 26.3. The predicted octanol–water partition coefficient (Wildman–Crippen LogP) is 1.62. The second kappa shape index (κ2) is 4.93. The molecule has 3 rings (SSSR count). The molecule has 2 unspecified atom stereocenters. The molecule has 1 aliphatic carbocycles. The Morgan fingerprint density at radius 2 is 1.85 bits per heavy atom. The molecule has 1 aliphatic heterocycles. The molecule has 1 N–H and O–H groups in total. The van der Waals surface area contributed by atoms with E-state index in [4.69, 9.17) is 0 Å². The highest BCUT2D eigenvalue weighted by Gasteiger charge is 2.45. The molecule has 1 aromatic carbocycles. The first-order valence-electron chi connectivity index (χ1n) is 7.22. The molecule has 4 nitrogen and oxygen atoms in total. The molecule has 106 valence electrons. The van der Waals surface area contributed by atoms with Crippen molar-refractivity contribution in [2.45, 2.75) is 45.3 Å². The smallest absolute Gasteiger partial charge is 0.246 e. The van der Waals surface area contributed by atoms with Crippen molar-refractivity contribution in [1.29, 1.82) is 0 Å². The zero-order valence-electron chi connectivity index (χ0n) is 11.9. The van der Waals surface area contributed by atoms with Gasteiger partial charge in [0.15, 0.2) is 0 Å². The van der Waals surface area contributed by atoms with Crippen LogP contribution in [0, 0.1) is 12.8 Å². The van der Waals surface area contributed by atoms with Gasteiger partial charge in [0.25, 0.3) is 0 Å². The molecule has 0 spiro atoms. The maximum absolute atomic E-state index is 12.5. The molecule has 2 atom stereocenters. The molecule has 1 heterocycles. The Morgan fingerprint density at radius 3 is 2.45 bits per heavy atom. The van der Waals surface area contributed by atoms with Gasteiger partial charge in [-0.25, -0.2) is 0 Å². The van der Waals surface area contributed by atoms with Crippen molar-refractivity contribution in [3.8, 4) is 0 Å². The van der Waals surface area contributed by atoms with Crippen molar-refractivity contribution in [3.63, 3.8) is 0 Å². The number of rotatable bonds is 3. The van der Waals surface area contributed by atoms with Gasteiger partial charge in [-0.05, 0) is 38.2 Å². The van der Waals surface area contributed by atoms with Crippen LogP contribution in [0.2, 0.25) is 0 Å². The van der Waals surface area contributed by atoms with E-state index in [1.807, 2.05) is 31.2 Å². The number of benzene rings is 1. The van der Waals surface area contributed by atoms with Gasteiger partial charge in [-0.3, -0.25) is 9.59 Å². The lowest BCUT2D eigenvalue weighted by molar-refractivity contribution is -0.149. The van der Waals surface area contributed by atoms with Gasteiger partial charge < -0.3 is 10.2 Å². The Bertz CT molecular complexity index is 534. The standard InChI is InChI=1S/C16H20N2O2/c1-10-3-5-12(6-4-10)9-18-11(2)15(19)17-14(16(18)20)13-7-8-13/h3-6,11,13-14H,7-9H2,1-2H3,(H,17,19). The molecule has 0 bridgehead atoms. The molecule has 2 amide bonds. The summed E-state index contributed by atoms with van der Waals surface area (Å²) in [6.07, 6.45) is 2.09. The fourth-order valence-corrected chi connectivity index (χ4v) is 2.70. The van der Waals surface area contributed by atoms with Crippen LogP contribution in [0.1, 0.15) is 30.9 Å². The van der Waals surface area contributed by atoms with Crippen LogP contribution < -0.4 is 5.32 Å². The summed E-state index contributed by atoms with van der Waals surface area (Å²) in [6.45, 7) is 4.34. The lowest BCUT2D eigenvalue weighted by Gasteiger charge is -2.37. The van der Waals surface area contributed by atoms with E-state index in [1.165, 1.54) is 5.56 Å². The number of carbonyl (C=O) groups is 2. The number of amides is 2. The summed E-state index contributed by atoms with van der Waals surface area (Å²) in [5.41, 5.74) is 2.26. The molecular formula is C16H20N2O2. The van der Waals surface area contributed by atoms with Gasteiger partial charge in [0.05, 0.1) is 0 Å². The molecule has 1 saturated carbocycles. The van der Waals surface area contributed by atoms with Gasteiger partial charge in [-0.15, -0.1) is 0 Å². The highest BCUT2D eigenvalue weighted by molar-refractivity contribution is 5.97. The zero-order valence-corrected chi connectivity index (χ0v) is 11.9. The Balaban J connectivity index is 1.79. The third-order valence-corrected chi connectivity index (χ3v) is 4.26. The van der Waals surface area contributed by atoms with Gasteiger partial charge in [-0.1, -0.05) is 29.8 Å². The average molecular weight is 272 g/mol. The van der Waals surface area contributed by atoms with E-state index in [-0.39, 0.29) is 23.9 Å². The maximum atomic E-state index is 12.5.